The van der Waals surface area contributed by atoms with E-state index in [1.165, 1.54) is 120 Å². The zero-order valence-corrected chi connectivity index (χ0v) is 30.6. The van der Waals surface area contributed by atoms with E-state index in [1.54, 1.807) is 0 Å². The van der Waals surface area contributed by atoms with Crippen LogP contribution in [0.15, 0.2) is 206 Å². The fourth-order valence-corrected chi connectivity index (χ4v) is 9.45. The van der Waals surface area contributed by atoms with E-state index in [9.17, 15) is 0 Å². The van der Waals surface area contributed by atoms with Gasteiger partial charge in [0.05, 0.1) is 0 Å². The average molecular weight is 707 g/mol. The first-order valence-electron chi connectivity index (χ1n) is 19.5. The first-order valence-corrected chi connectivity index (χ1v) is 19.5. The summed E-state index contributed by atoms with van der Waals surface area (Å²) < 4.78 is 0. The molecule has 258 valence electrons. The van der Waals surface area contributed by atoms with Gasteiger partial charge < -0.3 is 0 Å². The molecule has 0 unspecified atom stereocenters. The number of hydrogen-bond donors (Lipinski definition) is 0. The monoisotopic (exact) mass is 706 g/mol. The molecule has 0 heterocycles. The Morgan fingerprint density at radius 1 is 0.179 bits per heavy atom. The van der Waals surface area contributed by atoms with Crippen LogP contribution in [0, 0.1) is 0 Å². The minimum atomic E-state index is 1.22. The maximum absolute atomic E-state index is 2.44. The molecule has 0 aliphatic rings. The van der Waals surface area contributed by atoms with Crippen molar-refractivity contribution in [3.63, 3.8) is 0 Å². The molecule has 0 fully saturated rings. The van der Waals surface area contributed by atoms with Crippen molar-refractivity contribution in [1.29, 1.82) is 0 Å². The van der Waals surface area contributed by atoms with Gasteiger partial charge in [0, 0.05) is 0 Å². The highest BCUT2D eigenvalue weighted by Gasteiger charge is 2.19. The lowest BCUT2D eigenvalue weighted by atomic mass is 9.83. The van der Waals surface area contributed by atoms with Gasteiger partial charge in [0.1, 0.15) is 0 Å². The Balaban J connectivity index is 1.12. The fourth-order valence-electron chi connectivity index (χ4n) is 9.45. The molecule has 0 radical (unpaired) electrons. The Morgan fingerprint density at radius 3 is 1.18 bits per heavy atom. The number of fused-ring (bicyclic) bond motifs is 4. The van der Waals surface area contributed by atoms with E-state index < -0.39 is 0 Å². The van der Waals surface area contributed by atoms with Crippen LogP contribution in [0.25, 0.3) is 120 Å². The van der Waals surface area contributed by atoms with E-state index in [0.29, 0.717) is 0 Å². The fraction of sp³-hybridized carbons (Fsp3) is 0. The highest BCUT2D eigenvalue weighted by atomic mass is 14.2. The molecule has 0 aliphatic heterocycles. The van der Waals surface area contributed by atoms with Crippen LogP contribution in [0.1, 0.15) is 0 Å². The lowest BCUT2D eigenvalue weighted by Crippen LogP contribution is -1.93. The summed E-state index contributed by atoms with van der Waals surface area (Å²) in [7, 11) is 0. The van der Waals surface area contributed by atoms with Gasteiger partial charge in [0.25, 0.3) is 0 Å². The van der Waals surface area contributed by atoms with Gasteiger partial charge in [-0.15, -0.1) is 0 Å². The van der Waals surface area contributed by atoms with Crippen LogP contribution in [0.2, 0.25) is 0 Å². The van der Waals surface area contributed by atoms with E-state index in [4.69, 9.17) is 0 Å². The van der Waals surface area contributed by atoms with E-state index >= 15 is 0 Å². The second-order valence-corrected chi connectivity index (χ2v) is 15.3. The lowest BCUT2D eigenvalue weighted by Gasteiger charge is -2.20. The molecule has 56 heavy (non-hydrogen) atoms. The van der Waals surface area contributed by atoms with Crippen molar-refractivity contribution < 1.29 is 0 Å². The normalized spacial score (nSPS) is 11.9. The molecule has 0 heteroatoms. The van der Waals surface area contributed by atoms with Gasteiger partial charge in [-0.3, -0.25) is 0 Å². The SMILES string of the molecule is c1ccc2cc(-c3ccc(-c4c5ccccc5c(-c5cc6ccc7cccc8ccc(c5)c6c78)c5ccc(-c6ccc7ccccc7c6)cc45)cc3)ccc2c1. The van der Waals surface area contributed by atoms with Gasteiger partial charge in [-0.25, -0.2) is 0 Å². The van der Waals surface area contributed by atoms with Gasteiger partial charge in [0.2, 0.25) is 0 Å². The van der Waals surface area contributed by atoms with Gasteiger partial charge >= 0.3 is 0 Å². The molecular formula is C56H34. The quantitative estimate of drug-likeness (QED) is 0.126. The molecule has 12 rings (SSSR count). The Kier molecular flexibility index (Phi) is 6.73. The third-order valence-electron chi connectivity index (χ3n) is 12.1. The molecule has 0 nitrogen and oxygen atoms in total. The standard InChI is InChI=1S/C56H34/c1-3-10-41-30-43(24-18-35(41)8-1)37-16-20-40(21-17-37)55-49-14-5-6-15-50(49)56(48-32-46-26-22-38-12-7-13-39-23-27-47(33-48)54(46)53(38)39)51-29-28-45(34-52(51)55)44-25-19-36-9-2-4-11-42(36)31-44/h1-34H. The van der Waals surface area contributed by atoms with E-state index in [2.05, 4.69) is 206 Å². The first-order chi connectivity index (χ1) is 27.7. The Labute approximate surface area is 324 Å². The van der Waals surface area contributed by atoms with Gasteiger partial charge in [-0.05, 0) is 150 Å². The van der Waals surface area contributed by atoms with Crippen molar-refractivity contribution in [3.8, 4) is 44.5 Å². The molecule has 0 aromatic heterocycles. The summed E-state index contributed by atoms with van der Waals surface area (Å²) in [5.41, 5.74) is 9.90. The summed E-state index contributed by atoms with van der Waals surface area (Å²) in [4.78, 5) is 0. The molecule has 0 aliphatic carbocycles. The summed E-state index contributed by atoms with van der Waals surface area (Å²) in [6, 6.07) is 76.9. The van der Waals surface area contributed by atoms with E-state index in [-0.39, 0.29) is 0 Å². The number of hydrogen-bond acceptors (Lipinski definition) is 0. The number of benzene rings is 12. The molecular weight excluding hydrogens is 673 g/mol. The predicted octanol–water partition coefficient (Wildman–Crippen LogP) is 15.9. The van der Waals surface area contributed by atoms with E-state index in [1.807, 2.05) is 0 Å². The van der Waals surface area contributed by atoms with Crippen molar-refractivity contribution in [2.75, 3.05) is 0 Å². The maximum atomic E-state index is 2.44. The largest absolute Gasteiger partial charge is 0.0616 e. The van der Waals surface area contributed by atoms with Crippen molar-refractivity contribution >= 4 is 75.4 Å². The predicted molar refractivity (Wildman–Crippen MR) is 242 cm³/mol. The van der Waals surface area contributed by atoms with Crippen LogP contribution in [0.5, 0.6) is 0 Å². The smallest absolute Gasteiger partial charge is 0.00259 e. The van der Waals surface area contributed by atoms with Crippen LogP contribution in [-0.2, 0) is 0 Å². The third kappa shape index (κ3) is 4.79. The van der Waals surface area contributed by atoms with E-state index in [0.717, 1.165) is 0 Å². The van der Waals surface area contributed by atoms with Crippen LogP contribution in [0.4, 0.5) is 0 Å². The molecule has 12 aromatic rings. The minimum absolute atomic E-state index is 1.22. The van der Waals surface area contributed by atoms with Crippen LogP contribution in [0.3, 0.4) is 0 Å². The minimum Gasteiger partial charge on any atom is -0.0616 e. The topological polar surface area (TPSA) is 0 Å². The average Bonchev–Trinajstić information content (AvgIpc) is 3.26. The summed E-state index contributed by atoms with van der Waals surface area (Å²) >= 11 is 0. The van der Waals surface area contributed by atoms with Crippen molar-refractivity contribution in [2.24, 2.45) is 0 Å². The highest BCUT2D eigenvalue weighted by molar-refractivity contribution is 6.26. The van der Waals surface area contributed by atoms with Crippen molar-refractivity contribution in [2.45, 2.75) is 0 Å². The molecule has 12 aromatic carbocycles. The Bertz CT molecular complexity index is 3450. The Morgan fingerprint density at radius 2 is 0.554 bits per heavy atom. The highest BCUT2D eigenvalue weighted by Crippen LogP contribution is 2.47. The molecule has 0 spiro atoms. The summed E-state index contributed by atoms with van der Waals surface area (Å²) in [6.45, 7) is 0. The van der Waals surface area contributed by atoms with Gasteiger partial charge in [-0.2, -0.15) is 0 Å². The van der Waals surface area contributed by atoms with Crippen LogP contribution < -0.4 is 0 Å². The van der Waals surface area contributed by atoms with Crippen LogP contribution in [-0.4, -0.2) is 0 Å². The van der Waals surface area contributed by atoms with Crippen LogP contribution >= 0.6 is 0 Å². The molecule has 0 amide bonds. The third-order valence-corrected chi connectivity index (χ3v) is 12.1. The van der Waals surface area contributed by atoms with Gasteiger partial charge in [0.15, 0.2) is 0 Å². The van der Waals surface area contributed by atoms with Crippen molar-refractivity contribution in [3.05, 3.63) is 206 Å². The first kappa shape index (κ1) is 31.1. The molecule has 0 N–H and O–H groups in total. The zero-order valence-electron chi connectivity index (χ0n) is 30.6. The summed E-state index contributed by atoms with van der Waals surface area (Å²) in [5, 5.41) is 17.9. The second kappa shape index (κ2) is 12.1. The number of rotatable bonds is 4. The zero-order chi connectivity index (χ0) is 36.7. The summed E-state index contributed by atoms with van der Waals surface area (Å²) in [6.07, 6.45) is 0. The Hall–Kier alpha value is -7.28. The lowest BCUT2D eigenvalue weighted by molar-refractivity contribution is 1.62. The molecule has 0 bridgehead atoms. The maximum Gasteiger partial charge on any atom is -0.00259 e. The molecule has 0 atom stereocenters. The molecule has 0 saturated carbocycles. The van der Waals surface area contributed by atoms with Crippen molar-refractivity contribution in [1.82, 2.24) is 0 Å². The summed E-state index contributed by atoms with van der Waals surface area (Å²) in [5.74, 6) is 0. The second-order valence-electron chi connectivity index (χ2n) is 15.3. The van der Waals surface area contributed by atoms with Gasteiger partial charge in [-0.1, -0.05) is 176 Å². The molecule has 0 saturated heterocycles.